The second-order valence-corrected chi connectivity index (χ2v) is 2.08. The number of rotatable bonds is 7. The zero-order chi connectivity index (χ0) is 7.66. The Morgan fingerprint density at radius 2 is 2.20 bits per heavy atom. The van der Waals surface area contributed by atoms with Gasteiger partial charge in [0, 0.05) is 20.3 Å². The SMILES string of the molecule is COCCCCCN[C]=O. The Morgan fingerprint density at radius 1 is 1.40 bits per heavy atom. The summed E-state index contributed by atoms with van der Waals surface area (Å²) in [6.07, 6.45) is 4.81. The number of amides is 1. The molecular formula is C7H14NO2. The Hall–Kier alpha value is -0.570. The lowest BCUT2D eigenvalue weighted by Gasteiger charge is -1.97. The second kappa shape index (κ2) is 8.43. The van der Waals surface area contributed by atoms with Gasteiger partial charge in [-0.2, -0.15) is 0 Å². The molecule has 0 rings (SSSR count). The minimum Gasteiger partial charge on any atom is -0.385 e. The molecule has 0 aliphatic heterocycles. The third-order valence-electron chi connectivity index (χ3n) is 1.22. The van der Waals surface area contributed by atoms with Crippen LogP contribution in [0.5, 0.6) is 0 Å². The van der Waals surface area contributed by atoms with Crippen molar-refractivity contribution in [3.8, 4) is 0 Å². The van der Waals surface area contributed by atoms with Gasteiger partial charge in [-0.25, -0.2) is 0 Å². The monoisotopic (exact) mass is 144 g/mol. The fourth-order valence-electron chi connectivity index (χ4n) is 0.688. The fraction of sp³-hybridized carbons (Fsp3) is 0.857. The number of methoxy groups -OCH3 is 1. The Labute approximate surface area is 61.8 Å². The third kappa shape index (κ3) is 7.43. The lowest BCUT2D eigenvalue weighted by molar-refractivity contribution is 0.192. The van der Waals surface area contributed by atoms with Crippen molar-refractivity contribution in [2.45, 2.75) is 19.3 Å². The highest BCUT2D eigenvalue weighted by molar-refractivity contribution is 5.46. The molecule has 10 heavy (non-hydrogen) atoms. The topological polar surface area (TPSA) is 38.3 Å². The first-order valence-electron chi connectivity index (χ1n) is 3.50. The number of hydrogen-bond acceptors (Lipinski definition) is 2. The first-order valence-corrected chi connectivity index (χ1v) is 3.50. The molecule has 0 spiro atoms. The Bertz CT molecular complexity index is 76.0. The molecule has 1 amide bonds. The van der Waals surface area contributed by atoms with E-state index in [0.29, 0.717) is 0 Å². The van der Waals surface area contributed by atoms with Gasteiger partial charge >= 0.3 is 6.41 Å². The first kappa shape index (κ1) is 9.43. The van der Waals surface area contributed by atoms with Gasteiger partial charge in [-0.3, -0.25) is 4.79 Å². The van der Waals surface area contributed by atoms with Crippen LogP contribution < -0.4 is 5.32 Å². The van der Waals surface area contributed by atoms with E-state index in [1.54, 1.807) is 13.5 Å². The lowest BCUT2D eigenvalue weighted by Crippen LogP contribution is -2.11. The van der Waals surface area contributed by atoms with Gasteiger partial charge in [-0.1, -0.05) is 0 Å². The van der Waals surface area contributed by atoms with E-state index in [-0.39, 0.29) is 0 Å². The highest BCUT2D eigenvalue weighted by Crippen LogP contribution is 1.92. The number of nitrogens with one attached hydrogen (secondary N) is 1. The van der Waals surface area contributed by atoms with E-state index in [2.05, 4.69) is 5.32 Å². The number of hydrogen-bond donors (Lipinski definition) is 1. The predicted octanol–water partition coefficient (Wildman–Crippen LogP) is 0.460. The first-order chi connectivity index (χ1) is 4.91. The standard InChI is InChI=1S/C7H14NO2/c1-10-6-4-2-3-5-8-7-9/h2-6H2,1H3,(H,8,9). The van der Waals surface area contributed by atoms with Crippen LogP contribution in [0.15, 0.2) is 0 Å². The molecule has 1 radical (unpaired) electrons. The molecule has 0 saturated heterocycles. The van der Waals surface area contributed by atoms with Crippen LogP contribution in [0, 0.1) is 0 Å². The second-order valence-electron chi connectivity index (χ2n) is 2.08. The summed E-state index contributed by atoms with van der Waals surface area (Å²) in [7, 11) is 1.69. The molecule has 0 aromatic rings. The Balaban J connectivity index is 2.70. The van der Waals surface area contributed by atoms with Crippen LogP contribution in [-0.4, -0.2) is 26.7 Å². The molecular weight excluding hydrogens is 130 g/mol. The molecule has 0 aliphatic carbocycles. The molecule has 0 aromatic heterocycles. The van der Waals surface area contributed by atoms with E-state index in [1.165, 1.54) is 0 Å². The van der Waals surface area contributed by atoms with Gasteiger partial charge in [-0.15, -0.1) is 0 Å². The van der Waals surface area contributed by atoms with Crippen molar-refractivity contribution < 1.29 is 9.53 Å². The van der Waals surface area contributed by atoms with E-state index in [9.17, 15) is 4.79 Å². The van der Waals surface area contributed by atoms with Crippen LogP contribution in [0.25, 0.3) is 0 Å². The van der Waals surface area contributed by atoms with E-state index in [1.807, 2.05) is 0 Å². The fourth-order valence-corrected chi connectivity index (χ4v) is 0.688. The van der Waals surface area contributed by atoms with E-state index in [4.69, 9.17) is 4.74 Å². The van der Waals surface area contributed by atoms with E-state index >= 15 is 0 Å². The van der Waals surface area contributed by atoms with Crippen LogP contribution in [-0.2, 0) is 9.53 Å². The van der Waals surface area contributed by atoms with Gasteiger partial charge in [-0.05, 0) is 19.3 Å². The van der Waals surface area contributed by atoms with Crippen molar-refractivity contribution in [2.75, 3.05) is 20.3 Å². The van der Waals surface area contributed by atoms with Gasteiger partial charge in [0.2, 0.25) is 0 Å². The van der Waals surface area contributed by atoms with Crippen LogP contribution in [0.3, 0.4) is 0 Å². The summed E-state index contributed by atoms with van der Waals surface area (Å²) in [5, 5.41) is 2.48. The number of carbonyl (C=O) groups excluding carboxylic acids is 1. The van der Waals surface area contributed by atoms with Gasteiger partial charge in [0.1, 0.15) is 0 Å². The summed E-state index contributed by atoms with van der Waals surface area (Å²) < 4.78 is 4.85. The normalized spacial score (nSPS) is 9.30. The van der Waals surface area contributed by atoms with Crippen molar-refractivity contribution in [3.05, 3.63) is 0 Å². The summed E-state index contributed by atoms with van der Waals surface area (Å²) in [5.74, 6) is 0. The van der Waals surface area contributed by atoms with Crippen LogP contribution >= 0.6 is 0 Å². The zero-order valence-corrected chi connectivity index (χ0v) is 6.35. The van der Waals surface area contributed by atoms with Crippen molar-refractivity contribution in [2.24, 2.45) is 0 Å². The molecule has 0 unspecified atom stereocenters. The van der Waals surface area contributed by atoms with Crippen molar-refractivity contribution in [3.63, 3.8) is 0 Å². The van der Waals surface area contributed by atoms with Gasteiger partial charge in [0.15, 0.2) is 0 Å². The Morgan fingerprint density at radius 3 is 2.80 bits per heavy atom. The molecule has 0 saturated carbocycles. The Kier molecular flexibility index (Phi) is 7.95. The summed E-state index contributed by atoms with van der Waals surface area (Å²) in [6, 6.07) is 0. The molecule has 0 bridgehead atoms. The van der Waals surface area contributed by atoms with Gasteiger partial charge in [0.25, 0.3) is 0 Å². The minimum atomic E-state index is 0.729. The van der Waals surface area contributed by atoms with E-state index in [0.717, 1.165) is 32.4 Å². The highest BCUT2D eigenvalue weighted by atomic mass is 16.5. The smallest absolute Gasteiger partial charge is 0.309 e. The number of unbranched alkanes of at least 4 members (excludes halogenated alkanes) is 2. The maximum atomic E-state index is 9.63. The van der Waals surface area contributed by atoms with Crippen LogP contribution in [0.1, 0.15) is 19.3 Å². The molecule has 0 aliphatic rings. The summed E-state index contributed by atoms with van der Waals surface area (Å²) in [5.41, 5.74) is 0. The average Bonchev–Trinajstić information content (AvgIpc) is 1.97. The maximum absolute atomic E-state index is 9.63. The molecule has 59 valence electrons. The van der Waals surface area contributed by atoms with Crippen LogP contribution in [0.4, 0.5) is 0 Å². The number of ether oxygens (including phenoxy) is 1. The predicted molar refractivity (Wildman–Crippen MR) is 39.4 cm³/mol. The highest BCUT2D eigenvalue weighted by Gasteiger charge is 1.86. The van der Waals surface area contributed by atoms with E-state index < -0.39 is 0 Å². The average molecular weight is 144 g/mol. The molecule has 0 heterocycles. The molecule has 0 atom stereocenters. The third-order valence-corrected chi connectivity index (χ3v) is 1.22. The van der Waals surface area contributed by atoms with Gasteiger partial charge < -0.3 is 10.1 Å². The summed E-state index contributed by atoms with van der Waals surface area (Å²) in [4.78, 5) is 9.63. The molecule has 1 N–H and O–H groups in total. The lowest BCUT2D eigenvalue weighted by atomic mass is 10.2. The molecule has 3 heteroatoms. The maximum Gasteiger partial charge on any atom is 0.309 e. The largest absolute Gasteiger partial charge is 0.385 e. The molecule has 0 aromatic carbocycles. The van der Waals surface area contributed by atoms with Crippen molar-refractivity contribution in [1.82, 2.24) is 5.32 Å². The molecule has 3 nitrogen and oxygen atoms in total. The quantitative estimate of drug-likeness (QED) is 0.416. The van der Waals surface area contributed by atoms with Crippen molar-refractivity contribution >= 4 is 6.41 Å². The zero-order valence-electron chi connectivity index (χ0n) is 6.35. The van der Waals surface area contributed by atoms with Crippen molar-refractivity contribution in [1.29, 1.82) is 0 Å². The van der Waals surface area contributed by atoms with Crippen LogP contribution in [0.2, 0.25) is 0 Å². The minimum absolute atomic E-state index is 0.729. The molecule has 0 fully saturated rings. The van der Waals surface area contributed by atoms with Gasteiger partial charge in [0.05, 0.1) is 0 Å². The summed E-state index contributed by atoms with van der Waals surface area (Å²) >= 11 is 0. The summed E-state index contributed by atoms with van der Waals surface area (Å²) in [6.45, 7) is 1.54.